The molecule has 8 heteroatoms. The summed E-state index contributed by atoms with van der Waals surface area (Å²) in [5, 5.41) is 6.25. The van der Waals surface area contributed by atoms with Gasteiger partial charge in [-0.05, 0) is 55.8 Å². The lowest BCUT2D eigenvalue weighted by atomic mass is 10.1. The molecule has 3 aromatic rings. The summed E-state index contributed by atoms with van der Waals surface area (Å²) in [5.41, 5.74) is 3.40. The van der Waals surface area contributed by atoms with E-state index in [2.05, 4.69) is 5.32 Å². The second kappa shape index (κ2) is 12.8. The molecule has 3 rings (SSSR count). The molecular weight excluding hydrogens is 505 g/mol. The van der Waals surface area contributed by atoms with Crippen molar-refractivity contribution in [2.75, 3.05) is 0 Å². The lowest BCUT2D eigenvalue weighted by molar-refractivity contribution is -0.120. The van der Waals surface area contributed by atoms with Crippen LogP contribution in [0.15, 0.2) is 78.5 Å². The topological polar surface area (TPSA) is 67.6 Å². The fourth-order valence-corrected chi connectivity index (χ4v) is 4.16. The van der Waals surface area contributed by atoms with Gasteiger partial charge in [0.25, 0.3) is 0 Å². The predicted molar refractivity (Wildman–Crippen MR) is 143 cm³/mol. The molecule has 0 fully saturated rings. The first-order valence-corrected chi connectivity index (χ1v) is 12.2. The Hall–Kier alpha value is -2.70. The van der Waals surface area contributed by atoms with Gasteiger partial charge in [-0.1, -0.05) is 71.2 Å². The molecule has 0 aromatic heterocycles. The van der Waals surface area contributed by atoms with E-state index in [1.54, 1.807) is 29.3 Å². The normalized spacial score (nSPS) is 12.2. The first-order chi connectivity index (χ1) is 16.7. The Morgan fingerprint density at radius 1 is 1.03 bits per heavy atom. The van der Waals surface area contributed by atoms with Crippen LogP contribution in [-0.2, 0) is 24.4 Å². The number of nitrogens with two attached hydrogens (primary N) is 1. The molecule has 0 saturated heterocycles. The van der Waals surface area contributed by atoms with Crippen molar-refractivity contribution in [3.63, 3.8) is 0 Å². The summed E-state index contributed by atoms with van der Waals surface area (Å²) in [6.07, 6.45) is 2.23. The Morgan fingerprint density at radius 2 is 1.71 bits per heavy atom. The molecule has 0 radical (unpaired) electrons. The first kappa shape index (κ1) is 26.9. The van der Waals surface area contributed by atoms with E-state index >= 15 is 0 Å². The van der Waals surface area contributed by atoms with E-state index in [-0.39, 0.29) is 18.6 Å². The number of nitrogens with one attached hydrogen (secondary N) is 1. The third-order valence-corrected chi connectivity index (χ3v) is 6.12. The number of carbonyl (C=O) groups is 1. The summed E-state index contributed by atoms with van der Waals surface area (Å²) in [7, 11) is 0. The van der Waals surface area contributed by atoms with E-state index in [9.17, 15) is 4.79 Å². The fourth-order valence-electron chi connectivity index (χ4n) is 3.50. The molecule has 0 aliphatic rings. The summed E-state index contributed by atoms with van der Waals surface area (Å²) >= 11 is 18.5. The molecule has 0 aliphatic carbocycles. The molecule has 0 saturated carbocycles. The van der Waals surface area contributed by atoms with Gasteiger partial charge in [0.15, 0.2) is 0 Å². The van der Waals surface area contributed by atoms with Crippen LogP contribution >= 0.6 is 34.8 Å². The molecule has 5 nitrogen and oxygen atoms in total. The van der Waals surface area contributed by atoms with Gasteiger partial charge < -0.3 is 15.1 Å². The number of rotatable bonds is 10. The Kier molecular flexibility index (Phi) is 9.87. The number of ether oxygens (including phenoxy) is 1. The molecule has 184 valence electrons. The molecule has 3 aromatic carbocycles. The van der Waals surface area contributed by atoms with Crippen molar-refractivity contribution in [1.29, 1.82) is 0 Å². The van der Waals surface area contributed by atoms with E-state index in [4.69, 9.17) is 45.4 Å². The zero-order valence-corrected chi connectivity index (χ0v) is 21.9. The number of carbonyl (C=O) groups excluding carboxylic acids is 1. The highest BCUT2D eigenvalue weighted by atomic mass is 35.5. The molecule has 0 aliphatic heterocycles. The number of hydrogen-bond acceptors (Lipinski definition) is 4. The van der Waals surface area contributed by atoms with Gasteiger partial charge in [-0.15, -0.1) is 0 Å². The number of nitrogens with zero attached hydrogens (tertiary/aromatic N) is 1. The van der Waals surface area contributed by atoms with Gasteiger partial charge >= 0.3 is 0 Å². The van der Waals surface area contributed by atoms with E-state index < -0.39 is 0 Å². The van der Waals surface area contributed by atoms with Crippen molar-refractivity contribution >= 4 is 40.7 Å². The van der Waals surface area contributed by atoms with Gasteiger partial charge in [0.2, 0.25) is 5.91 Å². The van der Waals surface area contributed by atoms with E-state index in [1.807, 2.05) is 62.4 Å². The van der Waals surface area contributed by atoms with Gasteiger partial charge in [0, 0.05) is 37.9 Å². The maximum Gasteiger partial charge on any atom is 0.224 e. The van der Waals surface area contributed by atoms with Crippen LogP contribution in [0.1, 0.15) is 30.5 Å². The number of benzene rings is 3. The lowest BCUT2D eigenvalue weighted by Crippen LogP contribution is -2.35. The van der Waals surface area contributed by atoms with Crippen molar-refractivity contribution in [1.82, 2.24) is 10.3 Å². The summed E-state index contributed by atoms with van der Waals surface area (Å²) in [4.78, 5) is 12.3. The van der Waals surface area contributed by atoms with Gasteiger partial charge in [-0.25, -0.2) is 5.84 Å². The number of allylic oxidation sites excluding steroid dienone is 1. The smallest absolute Gasteiger partial charge is 0.224 e. The van der Waals surface area contributed by atoms with Crippen LogP contribution in [0.5, 0.6) is 5.75 Å². The van der Waals surface area contributed by atoms with Crippen molar-refractivity contribution in [2.24, 2.45) is 5.84 Å². The standard InChI is InChI=1S/C27H28Cl3N3O2/c1-18(32-27(34)13-20-6-4-3-5-7-20)12-19(2)33(31)16-22-14-23(28)10-11-26(22)35-17-21-8-9-24(29)15-25(21)30/h3-12,14-15,18H,13,16-17,31H2,1-2H3,(H,32,34)/b19-12-. The third-order valence-electron chi connectivity index (χ3n) is 5.30. The minimum absolute atomic E-state index is 0.0530. The minimum Gasteiger partial charge on any atom is -0.488 e. The van der Waals surface area contributed by atoms with Crippen LogP contribution in [0.4, 0.5) is 0 Å². The van der Waals surface area contributed by atoms with Crippen molar-refractivity contribution < 1.29 is 9.53 Å². The van der Waals surface area contributed by atoms with Gasteiger partial charge in [-0.3, -0.25) is 4.79 Å². The van der Waals surface area contributed by atoms with Crippen LogP contribution in [0.25, 0.3) is 0 Å². The van der Waals surface area contributed by atoms with E-state index in [0.717, 1.165) is 22.4 Å². The Morgan fingerprint density at radius 3 is 2.43 bits per heavy atom. The summed E-state index contributed by atoms with van der Waals surface area (Å²) < 4.78 is 6.02. The van der Waals surface area contributed by atoms with E-state index in [1.165, 1.54) is 0 Å². The Bertz CT molecular complexity index is 1190. The zero-order valence-electron chi connectivity index (χ0n) is 19.6. The highest BCUT2D eigenvalue weighted by Crippen LogP contribution is 2.27. The van der Waals surface area contributed by atoms with Crippen molar-refractivity contribution in [3.8, 4) is 5.75 Å². The highest BCUT2D eigenvalue weighted by molar-refractivity contribution is 6.35. The molecule has 35 heavy (non-hydrogen) atoms. The molecular formula is C27H28Cl3N3O2. The lowest BCUT2D eigenvalue weighted by Gasteiger charge is -2.23. The van der Waals surface area contributed by atoms with Crippen LogP contribution < -0.4 is 15.9 Å². The molecule has 1 unspecified atom stereocenters. The molecule has 1 atom stereocenters. The molecule has 3 N–H and O–H groups in total. The van der Waals surface area contributed by atoms with Gasteiger partial charge in [-0.2, -0.15) is 0 Å². The second-order valence-corrected chi connectivity index (χ2v) is 9.51. The quantitative estimate of drug-likeness (QED) is 0.229. The second-order valence-electron chi connectivity index (χ2n) is 8.23. The highest BCUT2D eigenvalue weighted by Gasteiger charge is 2.12. The molecule has 0 bridgehead atoms. The largest absolute Gasteiger partial charge is 0.488 e. The third kappa shape index (κ3) is 8.48. The van der Waals surface area contributed by atoms with Crippen LogP contribution in [0.2, 0.25) is 15.1 Å². The summed E-state index contributed by atoms with van der Waals surface area (Å²) in [6, 6.07) is 20.1. The zero-order chi connectivity index (χ0) is 25.4. The van der Waals surface area contributed by atoms with Crippen molar-refractivity contribution in [2.45, 2.75) is 39.5 Å². The average molecular weight is 533 g/mol. The van der Waals surface area contributed by atoms with Crippen LogP contribution in [0, 0.1) is 0 Å². The first-order valence-electron chi connectivity index (χ1n) is 11.1. The van der Waals surface area contributed by atoms with Crippen LogP contribution in [-0.4, -0.2) is 17.0 Å². The maximum atomic E-state index is 12.3. The number of hydrazine groups is 1. The fraction of sp³-hybridized carbons (Fsp3) is 0.222. The van der Waals surface area contributed by atoms with E-state index in [0.29, 0.717) is 33.8 Å². The van der Waals surface area contributed by atoms with Crippen molar-refractivity contribution in [3.05, 3.63) is 110 Å². The van der Waals surface area contributed by atoms with Crippen LogP contribution in [0.3, 0.4) is 0 Å². The summed E-state index contributed by atoms with van der Waals surface area (Å²) in [6.45, 7) is 4.42. The average Bonchev–Trinajstić information content (AvgIpc) is 2.80. The van der Waals surface area contributed by atoms with Gasteiger partial charge in [0.05, 0.1) is 13.0 Å². The monoisotopic (exact) mass is 531 g/mol. The number of amides is 1. The molecule has 0 heterocycles. The Balaban J connectivity index is 1.62. The maximum absolute atomic E-state index is 12.3. The predicted octanol–water partition coefficient (Wildman–Crippen LogP) is 6.55. The SMILES string of the molecule is C/C(=C/C(C)NC(=O)Cc1ccccc1)N(N)Cc1cc(Cl)ccc1OCc1ccc(Cl)cc1Cl. The Labute approximate surface area is 221 Å². The summed E-state index contributed by atoms with van der Waals surface area (Å²) in [5.74, 6) is 6.93. The minimum atomic E-state index is -0.195. The number of hydrogen-bond donors (Lipinski definition) is 2. The van der Waals surface area contributed by atoms with Gasteiger partial charge in [0.1, 0.15) is 12.4 Å². The molecule has 1 amide bonds. The number of halogens is 3. The molecule has 0 spiro atoms.